The van der Waals surface area contributed by atoms with Crippen molar-refractivity contribution in [2.75, 3.05) is 13.1 Å². The highest BCUT2D eigenvalue weighted by Crippen LogP contribution is 2.37. The molecule has 0 atom stereocenters. The Morgan fingerprint density at radius 3 is 2.56 bits per heavy atom. The molecule has 2 heterocycles. The Kier molecular flexibility index (Phi) is 3.55. The number of hydrogen-bond acceptors (Lipinski definition) is 2. The quantitative estimate of drug-likeness (QED) is 0.875. The highest BCUT2D eigenvalue weighted by atomic mass is 16.4. The van der Waals surface area contributed by atoms with E-state index in [1.807, 2.05) is 13.1 Å². The molecule has 1 fully saturated rings. The van der Waals surface area contributed by atoms with Crippen LogP contribution in [0.1, 0.15) is 37.4 Å². The Hall–Kier alpha value is -1.58. The summed E-state index contributed by atoms with van der Waals surface area (Å²) in [6.07, 6.45) is 3.83. The van der Waals surface area contributed by atoms with Gasteiger partial charge in [-0.05, 0) is 37.8 Å². The van der Waals surface area contributed by atoms with Gasteiger partial charge in [-0.2, -0.15) is 0 Å². The van der Waals surface area contributed by atoms with Crippen LogP contribution in [-0.4, -0.2) is 34.2 Å². The fourth-order valence-corrected chi connectivity index (χ4v) is 2.70. The molecule has 0 saturated carbocycles. The van der Waals surface area contributed by atoms with Crippen LogP contribution in [0.25, 0.3) is 0 Å². The average Bonchev–Trinajstić information content (AvgIpc) is 2.39. The first-order valence-electron chi connectivity index (χ1n) is 6.48. The third kappa shape index (κ3) is 2.33. The zero-order valence-corrected chi connectivity index (χ0v) is 11.0. The Morgan fingerprint density at radius 2 is 2.11 bits per heavy atom. The van der Waals surface area contributed by atoms with Crippen LogP contribution in [0.3, 0.4) is 0 Å². The first kappa shape index (κ1) is 12.9. The van der Waals surface area contributed by atoms with Crippen molar-refractivity contribution in [1.29, 1.82) is 0 Å². The van der Waals surface area contributed by atoms with Gasteiger partial charge in [-0.3, -0.25) is 4.98 Å². The maximum absolute atomic E-state index is 10.9. The number of aromatic nitrogens is 1. The highest BCUT2D eigenvalue weighted by Gasteiger charge is 2.36. The van der Waals surface area contributed by atoms with Gasteiger partial charge >= 0.3 is 6.09 Å². The second-order valence-electron chi connectivity index (χ2n) is 5.12. The lowest BCUT2D eigenvalue weighted by atomic mass is 9.73. The monoisotopic (exact) mass is 248 g/mol. The summed E-state index contributed by atoms with van der Waals surface area (Å²) in [5.41, 5.74) is 2.33. The van der Waals surface area contributed by atoms with Gasteiger partial charge in [0.15, 0.2) is 0 Å². The maximum atomic E-state index is 10.9. The van der Waals surface area contributed by atoms with Gasteiger partial charge in [-0.1, -0.05) is 13.0 Å². The molecule has 0 spiro atoms. The summed E-state index contributed by atoms with van der Waals surface area (Å²) in [5.74, 6) is 0. The van der Waals surface area contributed by atoms with Gasteiger partial charge in [-0.25, -0.2) is 4.79 Å². The number of rotatable bonds is 2. The van der Waals surface area contributed by atoms with Crippen molar-refractivity contribution in [1.82, 2.24) is 9.88 Å². The van der Waals surface area contributed by atoms with Gasteiger partial charge < -0.3 is 10.0 Å². The summed E-state index contributed by atoms with van der Waals surface area (Å²) in [7, 11) is 0. The van der Waals surface area contributed by atoms with Crippen molar-refractivity contribution in [3.05, 3.63) is 29.6 Å². The largest absolute Gasteiger partial charge is 0.465 e. The molecule has 18 heavy (non-hydrogen) atoms. The molecule has 0 aromatic carbocycles. The van der Waals surface area contributed by atoms with Crippen molar-refractivity contribution in [2.45, 2.75) is 38.5 Å². The zero-order valence-electron chi connectivity index (χ0n) is 11.0. The zero-order chi connectivity index (χ0) is 13.2. The summed E-state index contributed by atoms with van der Waals surface area (Å²) in [5, 5.41) is 9.00. The number of piperidine rings is 1. The first-order valence-corrected chi connectivity index (χ1v) is 6.48. The van der Waals surface area contributed by atoms with E-state index < -0.39 is 6.09 Å². The molecule has 1 N–H and O–H groups in total. The normalized spacial score (nSPS) is 18.7. The fraction of sp³-hybridized carbons (Fsp3) is 0.571. The van der Waals surface area contributed by atoms with Crippen LogP contribution in [0.4, 0.5) is 4.79 Å². The number of hydrogen-bond donors (Lipinski definition) is 1. The first-order chi connectivity index (χ1) is 8.57. The van der Waals surface area contributed by atoms with Crippen LogP contribution in [-0.2, 0) is 5.41 Å². The van der Waals surface area contributed by atoms with Crippen molar-refractivity contribution >= 4 is 6.09 Å². The van der Waals surface area contributed by atoms with Gasteiger partial charge in [-0.15, -0.1) is 0 Å². The Bertz CT molecular complexity index is 420. The predicted molar refractivity (Wildman–Crippen MR) is 69.8 cm³/mol. The molecule has 1 saturated heterocycles. The van der Waals surface area contributed by atoms with E-state index in [1.54, 1.807) is 0 Å². The fourth-order valence-electron chi connectivity index (χ4n) is 2.70. The predicted octanol–water partition coefficient (Wildman–Crippen LogP) is 2.81. The third-order valence-electron chi connectivity index (χ3n) is 4.12. The third-order valence-corrected chi connectivity index (χ3v) is 4.12. The number of pyridine rings is 1. The number of nitrogens with zero attached hydrogens (tertiary/aromatic N) is 2. The van der Waals surface area contributed by atoms with Gasteiger partial charge in [0.2, 0.25) is 0 Å². The second kappa shape index (κ2) is 4.96. The van der Waals surface area contributed by atoms with Crippen molar-refractivity contribution in [2.24, 2.45) is 0 Å². The van der Waals surface area contributed by atoms with Crippen LogP contribution in [0, 0.1) is 6.92 Å². The smallest absolute Gasteiger partial charge is 0.407 e. The molecule has 1 aliphatic heterocycles. The number of amides is 1. The summed E-state index contributed by atoms with van der Waals surface area (Å²) in [6.45, 7) is 5.41. The van der Waals surface area contributed by atoms with Crippen LogP contribution in [0.5, 0.6) is 0 Å². The Balaban J connectivity index is 2.18. The Morgan fingerprint density at radius 1 is 1.44 bits per heavy atom. The van der Waals surface area contributed by atoms with Crippen LogP contribution in [0.2, 0.25) is 0 Å². The van der Waals surface area contributed by atoms with E-state index in [-0.39, 0.29) is 5.41 Å². The average molecular weight is 248 g/mol. The van der Waals surface area contributed by atoms with Gasteiger partial charge in [0.05, 0.1) is 0 Å². The lowest BCUT2D eigenvalue weighted by Gasteiger charge is -2.40. The van der Waals surface area contributed by atoms with Gasteiger partial charge in [0.25, 0.3) is 0 Å². The van der Waals surface area contributed by atoms with Crippen molar-refractivity contribution < 1.29 is 9.90 Å². The molecule has 1 amide bonds. The van der Waals surface area contributed by atoms with E-state index in [4.69, 9.17) is 5.11 Å². The Labute approximate surface area is 108 Å². The summed E-state index contributed by atoms with van der Waals surface area (Å²) >= 11 is 0. The van der Waals surface area contributed by atoms with E-state index in [2.05, 4.69) is 24.0 Å². The molecule has 4 heteroatoms. The van der Waals surface area contributed by atoms with Gasteiger partial charge in [0, 0.05) is 30.4 Å². The topological polar surface area (TPSA) is 53.4 Å². The highest BCUT2D eigenvalue weighted by molar-refractivity contribution is 5.65. The van der Waals surface area contributed by atoms with Crippen LogP contribution < -0.4 is 0 Å². The molecule has 1 aromatic heterocycles. The molecule has 98 valence electrons. The summed E-state index contributed by atoms with van der Waals surface area (Å²) < 4.78 is 0. The number of carboxylic acid groups (broad SMARTS) is 1. The van der Waals surface area contributed by atoms with E-state index in [9.17, 15) is 4.79 Å². The van der Waals surface area contributed by atoms with Crippen molar-refractivity contribution in [3.8, 4) is 0 Å². The lowest BCUT2D eigenvalue weighted by Crippen LogP contribution is -2.44. The summed E-state index contributed by atoms with van der Waals surface area (Å²) in [4.78, 5) is 17.0. The van der Waals surface area contributed by atoms with E-state index in [0.29, 0.717) is 13.1 Å². The molecular formula is C14H20N2O2. The van der Waals surface area contributed by atoms with Crippen LogP contribution in [0.15, 0.2) is 18.3 Å². The number of likely N-dealkylation sites (tertiary alicyclic amines) is 1. The lowest BCUT2D eigenvalue weighted by molar-refractivity contribution is 0.114. The minimum absolute atomic E-state index is 0.0552. The second-order valence-corrected chi connectivity index (χ2v) is 5.12. The molecule has 1 aliphatic rings. The molecular weight excluding hydrogens is 228 g/mol. The van der Waals surface area contributed by atoms with E-state index in [0.717, 1.165) is 30.5 Å². The summed E-state index contributed by atoms with van der Waals surface area (Å²) in [6, 6.07) is 4.18. The maximum Gasteiger partial charge on any atom is 0.407 e. The molecule has 4 nitrogen and oxygen atoms in total. The van der Waals surface area contributed by atoms with Gasteiger partial charge in [0.1, 0.15) is 0 Å². The van der Waals surface area contributed by atoms with E-state index >= 15 is 0 Å². The molecule has 0 radical (unpaired) electrons. The molecule has 0 bridgehead atoms. The van der Waals surface area contributed by atoms with E-state index in [1.165, 1.54) is 4.90 Å². The van der Waals surface area contributed by atoms with Crippen LogP contribution >= 0.6 is 0 Å². The number of aryl methyl sites for hydroxylation is 1. The minimum atomic E-state index is -0.809. The SMILES string of the molecule is CCC1(c2ccc(C)cn2)CCN(C(=O)O)CC1. The molecule has 0 unspecified atom stereocenters. The molecule has 0 aliphatic carbocycles. The standard InChI is InChI=1S/C14H20N2O2/c1-3-14(12-5-4-11(2)10-15-12)6-8-16(9-7-14)13(17)18/h4-5,10H,3,6-9H2,1-2H3,(H,17,18). The minimum Gasteiger partial charge on any atom is -0.465 e. The van der Waals surface area contributed by atoms with Crippen molar-refractivity contribution in [3.63, 3.8) is 0 Å². The molecule has 2 rings (SSSR count). The number of carbonyl (C=O) groups is 1. The molecule has 1 aromatic rings.